The lowest BCUT2D eigenvalue weighted by atomic mass is 9.96. The Morgan fingerprint density at radius 1 is 1.31 bits per heavy atom. The molecule has 84 valence electrons. The lowest BCUT2D eigenvalue weighted by Crippen LogP contribution is -2.36. The normalized spacial score (nSPS) is 11.9. The quantitative estimate of drug-likeness (QED) is 0.804. The zero-order chi connectivity index (χ0) is 11.8. The van der Waals surface area contributed by atoms with Gasteiger partial charge in [0.05, 0.1) is 0 Å². The Kier molecular flexibility index (Phi) is 2.56. The molecule has 0 aliphatic carbocycles. The first kappa shape index (κ1) is 10.9. The number of hydrogen-bond donors (Lipinski definition) is 2. The van der Waals surface area contributed by atoms with Gasteiger partial charge in [0.25, 0.3) is 5.56 Å². The van der Waals surface area contributed by atoms with Crippen LogP contribution in [-0.4, -0.2) is 10.5 Å². The summed E-state index contributed by atoms with van der Waals surface area (Å²) in [5.74, 6) is 0. The number of benzene rings is 1. The number of aromatic nitrogens is 1. The predicted octanol–water partition coefficient (Wildman–Crippen LogP) is 1.81. The van der Waals surface area contributed by atoms with Crippen LogP contribution in [-0.2, 0) is 6.42 Å². The molecule has 2 aromatic rings. The maximum atomic E-state index is 11.8. The number of nitrogens with two attached hydrogens (primary N) is 1. The number of para-hydroxylation sites is 1. The summed E-state index contributed by atoms with van der Waals surface area (Å²) in [5.41, 5.74) is 7.13. The molecule has 3 nitrogen and oxygen atoms in total. The first-order valence-electron chi connectivity index (χ1n) is 5.35. The first-order valence-corrected chi connectivity index (χ1v) is 5.35. The first-order chi connectivity index (χ1) is 7.46. The maximum absolute atomic E-state index is 11.8. The lowest BCUT2D eigenvalue weighted by molar-refractivity contribution is 0.514. The van der Waals surface area contributed by atoms with E-state index in [1.54, 1.807) is 0 Å². The summed E-state index contributed by atoms with van der Waals surface area (Å²) < 4.78 is 0. The van der Waals surface area contributed by atoms with Gasteiger partial charge in [-0.3, -0.25) is 4.79 Å². The minimum absolute atomic E-state index is 0.0442. The van der Waals surface area contributed by atoms with Crippen molar-refractivity contribution in [2.75, 3.05) is 0 Å². The second-order valence-electron chi connectivity index (χ2n) is 4.88. The van der Waals surface area contributed by atoms with Crippen LogP contribution in [0.25, 0.3) is 10.9 Å². The molecular weight excluding hydrogens is 200 g/mol. The summed E-state index contributed by atoms with van der Waals surface area (Å²) in [6, 6.07) is 9.66. The largest absolute Gasteiger partial charge is 0.325 e. The molecule has 0 amide bonds. The molecule has 1 aromatic heterocycles. The molecule has 3 N–H and O–H groups in total. The van der Waals surface area contributed by atoms with E-state index in [9.17, 15) is 4.79 Å². The van der Waals surface area contributed by atoms with E-state index in [0.717, 1.165) is 16.5 Å². The molecular formula is C13H16N2O. The number of pyridine rings is 1. The minimum Gasteiger partial charge on any atom is -0.325 e. The van der Waals surface area contributed by atoms with Crippen LogP contribution in [0.4, 0.5) is 0 Å². The number of fused-ring (bicyclic) bond motifs is 1. The zero-order valence-electron chi connectivity index (χ0n) is 9.58. The van der Waals surface area contributed by atoms with Gasteiger partial charge in [-0.2, -0.15) is 0 Å². The maximum Gasteiger partial charge on any atom is 0.251 e. The Balaban J connectivity index is 2.55. The molecule has 0 aliphatic rings. The van der Waals surface area contributed by atoms with Crippen molar-refractivity contribution in [1.29, 1.82) is 0 Å². The molecule has 0 saturated heterocycles. The smallest absolute Gasteiger partial charge is 0.251 e. The van der Waals surface area contributed by atoms with E-state index in [2.05, 4.69) is 4.98 Å². The van der Waals surface area contributed by atoms with Gasteiger partial charge in [-0.05, 0) is 37.8 Å². The number of H-pyrrole nitrogens is 1. The monoisotopic (exact) mass is 216 g/mol. The fourth-order valence-electron chi connectivity index (χ4n) is 1.81. The van der Waals surface area contributed by atoms with E-state index in [0.29, 0.717) is 6.42 Å². The average molecular weight is 216 g/mol. The second-order valence-corrected chi connectivity index (χ2v) is 4.88. The Morgan fingerprint density at radius 3 is 2.69 bits per heavy atom. The van der Waals surface area contributed by atoms with Crippen LogP contribution >= 0.6 is 0 Å². The van der Waals surface area contributed by atoms with Gasteiger partial charge in [0.2, 0.25) is 0 Å². The van der Waals surface area contributed by atoms with Crippen molar-refractivity contribution in [3.05, 3.63) is 46.2 Å². The van der Waals surface area contributed by atoms with Crippen molar-refractivity contribution in [3.63, 3.8) is 0 Å². The summed E-state index contributed by atoms with van der Waals surface area (Å²) >= 11 is 0. The van der Waals surface area contributed by atoms with E-state index in [1.807, 2.05) is 44.2 Å². The zero-order valence-corrected chi connectivity index (χ0v) is 9.58. The summed E-state index contributed by atoms with van der Waals surface area (Å²) in [6.07, 6.45) is 0.577. The van der Waals surface area contributed by atoms with Gasteiger partial charge < -0.3 is 10.7 Å². The van der Waals surface area contributed by atoms with Gasteiger partial charge in [0.15, 0.2) is 0 Å². The highest BCUT2D eigenvalue weighted by Crippen LogP contribution is 2.13. The highest BCUT2D eigenvalue weighted by atomic mass is 16.1. The summed E-state index contributed by atoms with van der Waals surface area (Å²) in [4.78, 5) is 14.7. The van der Waals surface area contributed by atoms with Crippen LogP contribution in [0.1, 0.15) is 19.4 Å². The summed E-state index contributed by atoms with van der Waals surface area (Å²) in [6.45, 7) is 3.84. The molecule has 3 heteroatoms. The molecule has 0 atom stereocenters. The molecule has 0 fully saturated rings. The van der Waals surface area contributed by atoms with Crippen molar-refractivity contribution in [1.82, 2.24) is 4.98 Å². The van der Waals surface area contributed by atoms with Crippen molar-refractivity contribution >= 4 is 10.9 Å². The van der Waals surface area contributed by atoms with Crippen LogP contribution in [0.2, 0.25) is 0 Å². The molecule has 1 heterocycles. The number of nitrogens with one attached hydrogen (secondary N) is 1. The topological polar surface area (TPSA) is 58.9 Å². The Labute approximate surface area is 94.3 Å². The Bertz CT molecular complexity index is 564. The minimum atomic E-state index is -0.366. The van der Waals surface area contributed by atoms with Gasteiger partial charge in [-0.1, -0.05) is 18.2 Å². The van der Waals surface area contributed by atoms with Gasteiger partial charge in [0, 0.05) is 16.6 Å². The van der Waals surface area contributed by atoms with Gasteiger partial charge in [-0.15, -0.1) is 0 Å². The fraction of sp³-hybridized carbons (Fsp3) is 0.308. The highest BCUT2D eigenvalue weighted by molar-refractivity contribution is 5.78. The molecule has 0 unspecified atom stereocenters. The molecule has 0 aliphatic heterocycles. The third kappa shape index (κ3) is 2.31. The average Bonchev–Trinajstić information content (AvgIpc) is 2.17. The van der Waals surface area contributed by atoms with Crippen LogP contribution in [0, 0.1) is 0 Å². The standard InChI is InChI=1S/C13H16N2O/c1-13(2,14)8-10-7-9-5-3-4-6-11(9)15-12(10)16/h3-7H,8,14H2,1-2H3,(H,15,16). The fourth-order valence-corrected chi connectivity index (χ4v) is 1.81. The summed E-state index contributed by atoms with van der Waals surface area (Å²) in [5, 5.41) is 1.04. The van der Waals surface area contributed by atoms with Crippen molar-refractivity contribution < 1.29 is 0 Å². The molecule has 0 saturated carbocycles. The lowest BCUT2D eigenvalue weighted by Gasteiger charge is -2.17. The number of rotatable bonds is 2. The van der Waals surface area contributed by atoms with E-state index in [-0.39, 0.29) is 11.1 Å². The van der Waals surface area contributed by atoms with Crippen molar-refractivity contribution in [3.8, 4) is 0 Å². The third-order valence-corrected chi connectivity index (χ3v) is 2.48. The Morgan fingerprint density at radius 2 is 2.00 bits per heavy atom. The highest BCUT2D eigenvalue weighted by Gasteiger charge is 2.14. The van der Waals surface area contributed by atoms with Crippen LogP contribution < -0.4 is 11.3 Å². The number of aromatic amines is 1. The van der Waals surface area contributed by atoms with Crippen LogP contribution in [0.15, 0.2) is 35.1 Å². The van der Waals surface area contributed by atoms with E-state index in [1.165, 1.54) is 0 Å². The van der Waals surface area contributed by atoms with Gasteiger partial charge in [0.1, 0.15) is 0 Å². The molecule has 0 radical (unpaired) electrons. The Hall–Kier alpha value is -1.61. The molecule has 2 rings (SSSR count). The third-order valence-electron chi connectivity index (χ3n) is 2.48. The predicted molar refractivity (Wildman–Crippen MR) is 66.5 cm³/mol. The van der Waals surface area contributed by atoms with Crippen molar-refractivity contribution in [2.24, 2.45) is 5.73 Å². The summed E-state index contributed by atoms with van der Waals surface area (Å²) in [7, 11) is 0. The second kappa shape index (κ2) is 3.76. The van der Waals surface area contributed by atoms with Crippen molar-refractivity contribution in [2.45, 2.75) is 25.8 Å². The number of hydrogen-bond acceptors (Lipinski definition) is 2. The molecule has 0 bridgehead atoms. The molecule has 16 heavy (non-hydrogen) atoms. The van der Waals surface area contributed by atoms with E-state index in [4.69, 9.17) is 5.73 Å². The van der Waals surface area contributed by atoms with Gasteiger partial charge >= 0.3 is 0 Å². The van der Waals surface area contributed by atoms with E-state index < -0.39 is 0 Å². The molecule has 0 spiro atoms. The van der Waals surface area contributed by atoms with Gasteiger partial charge in [-0.25, -0.2) is 0 Å². The molecule has 1 aromatic carbocycles. The SMILES string of the molecule is CC(C)(N)Cc1cc2ccccc2[nH]c1=O. The van der Waals surface area contributed by atoms with Crippen LogP contribution in [0.5, 0.6) is 0 Å². The van der Waals surface area contributed by atoms with Crippen LogP contribution in [0.3, 0.4) is 0 Å². The van der Waals surface area contributed by atoms with E-state index >= 15 is 0 Å².